The van der Waals surface area contributed by atoms with E-state index in [1.165, 1.54) is 6.42 Å². The van der Waals surface area contributed by atoms with E-state index >= 15 is 0 Å². The topological polar surface area (TPSA) is 32.5 Å². The average molecular weight is 243 g/mol. The number of hydrogen-bond acceptors (Lipinski definition) is 3. The second-order valence-corrected chi connectivity index (χ2v) is 5.88. The van der Waals surface area contributed by atoms with Gasteiger partial charge in [0.2, 0.25) is 0 Å². The first-order valence-corrected chi connectivity index (χ1v) is 7.01. The van der Waals surface area contributed by atoms with Gasteiger partial charge in [-0.25, -0.2) is 0 Å². The zero-order valence-corrected chi connectivity index (χ0v) is 12.7. The summed E-state index contributed by atoms with van der Waals surface area (Å²) < 4.78 is 0. The second-order valence-electron chi connectivity index (χ2n) is 5.88. The number of nitrogens with zero attached hydrogens (tertiary/aromatic N) is 2. The zero-order chi connectivity index (χ0) is 13.4. The molecular formula is C14H33N3. The van der Waals surface area contributed by atoms with E-state index < -0.39 is 0 Å². The van der Waals surface area contributed by atoms with Crippen molar-refractivity contribution in [2.75, 3.05) is 40.3 Å². The normalized spacial score (nSPS) is 15.9. The summed E-state index contributed by atoms with van der Waals surface area (Å²) in [4.78, 5) is 4.83. The zero-order valence-electron chi connectivity index (χ0n) is 12.7. The summed E-state index contributed by atoms with van der Waals surface area (Å²) in [6, 6.07) is 0.530. The SMILES string of the molecule is CCC(C)C(CN)N(CCN(C)C)CC(C)C. The molecule has 17 heavy (non-hydrogen) atoms. The molecule has 0 rings (SSSR count). The van der Waals surface area contributed by atoms with E-state index in [0.29, 0.717) is 17.9 Å². The van der Waals surface area contributed by atoms with Crippen molar-refractivity contribution in [3.63, 3.8) is 0 Å². The summed E-state index contributed by atoms with van der Waals surface area (Å²) >= 11 is 0. The first-order chi connectivity index (χ1) is 7.92. The van der Waals surface area contributed by atoms with Gasteiger partial charge in [-0.15, -0.1) is 0 Å². The lowest BCUT2D eigenvalue weighted by Crippen LogP contribution is -2.48. The third kappa shape index (κ3) is 7.02. The van der Waals surface area contributed by atoms with E-state index in [4.69, 9.17) is 5.73 Å². The number of nitrogens with two attached hydrogens (primary N) is 1. The van der Waals surface area contributed by atoms with Gasteiger partial charge < -0.3 is 10.6 Å². The van der Waals surface area contributed by atoms with Crippen LogP contribution in [0, 0.1) is 11.8 Å². The van der Waals surface area contributed by atoms with Crippen molar-refractivity contribution in [1.82, 2.24) is 9.80 Å². The van der Waals surface area contributed by atoms with Gasteiger partial charge in [0.05, 0.1) is 0 Å². The fourth-order valence-electron chi connectivity index (χ4n) is 2.20. The Kier molecular flexibility index (Phi) is 8.83. The predicted octanol–water partition coefficient (Wildman–Crippen LogP) is 1.88. The molecule has 104 valence electrons. The van der Waals surface area contributed by atoms with Crippen molar-refractivity contribution in [3.8, 4) is 0 Å². The van der Waals surface area contributed by atoms with Crippen molar-refractivity contribution < 1.29 is 0 Å². The summed E-state index contributed by atoms with van der Waals surface area (Å²) in [5.41, 5.74) is 5.98. The average Bonchev–Trinajstić information content (AvgIpc) is 2.25. The molecule has 0 spiro atoms. The Hall–Kier alpha value is -0.120. The van der Waals surface area contributed by atoms with Crippen LogP contribution in [0.4, 0.5) is 0 Å². The molecule has 3 nitrogen and oxygen atoms in total. The first kappa shape index (κ1) is 16.9. The van der Waals surface area contributed by atoms with Crippen LogP contribution in [-0.4, -0.2) is 56.1 Å². The van der Waals surface area contributed by atoms with Gasteiger partial charge in [-0.1, -0.05) is 34.1 Å². The molecule has 0 saturated carbocycles. The van der Waals surface area contributed by atoms with E-state index in [2.05, 4.69) is 51.6 Å². The smallest absolute Gasteiger partial charge is 0.0244 e. The minimum atomic E-state index is 0.530. The summed E-state index contributed by atoms with van der Waals surface area (Å²) in [6.07, 6.45) is 1.21. The van der Waals surface area contributed by atoms with Crippen LogP contribution in [0.5, 0.6) is 0 Å². The van der Waals surface area contributed by atoms with Crippen LogP contribution in [0.2, 0.25) is 0 Å². The van der Waals surface area contributed by atoms with Crippen LogP contribution < -0.4 is 5.73 Å². The van der Waals surface area contributed by atoms with Crippen LogP contribution in [0.1, 0.15) is 34.1 Å². The van der Waals surface area contributed by atoms with Gasteiger partial charge in [0.1, 0.15) is 0 Å². The highest BCUT2D eigenvalue weighted by molar-refractivity contribution is 4.78. The largest absolute Gasteiger partial charge is 0.329 e. The minimum Gasteiger partial charge on any atom is -0.329 e. The molecular weight excluding hydrogens is 210 g/mol. The molecule has 2 atom stereocenters. The number of likely N-dealkylation sites (N-methyl/N-ethyl adjacent to an activating group) is 1. The van der Waals surface area contributed by atoms with Gasteiger partial charge in [0.25, 0.3) is 0 Å². The van der Waals surface area contributed by atoms with E-state index in [-0.39, 0.29) is 0 Å². The van der Waals surface area contributed by atoms with Crippen LogP contribution in [0.15, 0.2) is 0 Å². The van der Waals surface area contributed by atoms with Crippen molar-refractivity contribution >= 4 is 0 Å². The van der Waals surface area contributed by atoms with Gasteiger partial charge >= 0.3 is 0 Å². The predicted molar refractivity (Wildman–Crippen MR) is 77.3 cm³/mol. The Labute approximate surface area is 108 Å². The standard InChI is InChI=1S/C14H33N3/c1-7-13(4)14(10-15)17(11-12(2)3)9-8-16(5)6/h12-14H,7-11,15H2,1-6H3. The molecule has 0 aromatic carbocycles. The van der Waals surface area contributed by atoms with Gasteiger partial charge in [0, 0.05) is 32.2 Å². The lowest BCUT2D eigenvalue weighted by molar-refractivity contribution is 0.124. The highest BCUT2D eigenvalue weighted by Crippen LogP contribution is 2.15. The summed E-state index contributed by atoms with van der Waals surface area (Å²) in [5, 5.41) is 0. The fourth-order valence-corrected chi connectivity index (χ4v) is 2.20. The molecule has 0 aromatic rings. The van der Waals surface area contributed by atoms with Crippen molar-refractivity contribution in [3.05, 3.63) is 0 Å². The van der Waals surface area contributed by atoms with Crippen LogP contribution in [0.25, 0.3) is 0 Å². The minimum absolute atomic E-state index is 0.530. The highest BCUT2D eigenvalue weighted by atomic mass is 15.2. The molecule has 0 aliphatic carbocycles. The third-order valence-electron chi connectivity index (χ3n) is 3.45. The van der Waals surface area contributed by atoms with Gasteiger partial charge in [-0.2, -0.15) is 0 Å². The molecule has 0 aliphatic heterocycles. The maximum atomic E-state index is 5.98. The molecule has 2 N–H and O–H groups in total. The van der Waals surface area contributed by atoms with Crippen LogP contribution in [0.3, 0.4) is 0 Å². The first-order valence-electron chi connectivity index (χ1n) is 7.01. The van der Waals surface area contributed by atoms with Gasteiger partial charge in [-0.05, 0) is 25.9 Å². The molecule has 0 saturated heterocycles. The molecule has 0 bridgehead atoms. The molecule has 0 aromatic heterocycles. The second kappa shape index (κ2) is 8.90. The van der Waals surface area contributed by atoms with Gasteiger partial charge in [0.15, 0.2) is 0 Å². The molecule has 2 unspecified atom stereocenters. The van der Waals surface area contributed by atoms with Gasteiger partial charge in [-0.3, -0.25) is 4.90 Å². The molecule has 0 aliphatic rings. The van der Waals surface area contributed by atoms with E-state index in [0.717, 1.165) is 26.2 Å². The van der Waals surface area contributed by atoms with E-state index in [1.54, 1.807) is 0 Å². The Balaban J connectivity index is 4.50. The van der Waals surface area contributed by atoms with Crippen molar-refractivity contribution in [2.24, 2.45) is 17.6 Å². The number of hydrogen-bond donors (Lipinski definition) is 1. The Morgan fingerprint density at radius 1 is 1.06 bits per heavy atom. The lowest BCUT2D eigenvalue weighted by atomic mass is 9.96. The van der Waals surface area contributed by atoms with Crippen molar-refractivity contribution in [1.29, 1.82) is 0 Å². The molecule has 0 amide bonds. The lowest BCUT2D eigenvalue weighted by Gasteiger charge is -2.36. The maximum Gasteiger partial charge on any atom is 0.0244 e. The molecule has 3 heteroatoms. The summed E-state index contributed by atoms with van der Waals surface area (Å²) in [7, 11) is 4.27. The van der Waals surface area contributed by atoms with Crippen LogP contribution in [-0.2, 0) is 0 Å². The fraction of sp³-hybridized carbons (Fsp3) is 1.00. The quantitative estimate of drug-likeness (QED) is 0.671. The molecule has 0 fully saturated rings. The monoisotopic (exact) mass is 243 g/mol. The van der Waals surface area contributed by atoms with E-state index in [1.807, 2.05) is 0 Å². The molecule has 0 radical (unpaired) electrons. The Morgan fingerprint density at radius 3 is 2.00 bits per heavy atom. The number of rotatable bonds is 9. The Morgan fingerprint density at radius 2 is 1.65 bits per heavy atom. The summed E-state index contributed by atoms with van der Waals surface area (Å²) in [5.74, 6) is 1.39. The maximum absolute atomic E-state index is 5.98. The van der Waals surface area contributed by atoms with Crippen molar-refractivity contribution in [2.45, 2.75) is 40.2 Å². The van der Waals surface area contributed by atoms with Crippen LogP contribution >= 0.6 is 0 Å². The molecule has 0 heterocycles. The third-order valence-corrected chi connectivity index (χ3v) is 3.45. The Bertz CT molecular complexity index is 180. The summed E-state index contributed by atoms with van der Waals surface area (Å²) in [6.45, 7) is 13.3. The highest BCUT2D eigenvalue weighted by Gasteiger charge is 2.22. The van der Waals surface area contributed by atoms with E-state index in [9.17, 15) is 0 Å².